The van der Waals surface area contributed by atoms with Gasteiger partial charge in [0.05, 0.1) is 0 Å². The van der Waals surface area contributed by atoms with Crippen LogP contribution in [-0.4, -0.2) is 0 Å². The molecule has 0 N–H and O–H groups in total. The Morgan fingerprint density at radius 3 is 2.54 bits per heavy atom. The molecule has 6 rings (SSSR count). The van der Waals surface area contributed by atoms with E-state index in [4.69, 9.17) is 0 Å². The van der Waals surface area contributed by atoms with Gasteiger partial charge in [0, 0.05) is 11.8 Å². The van der Waals surface area contributed by atoms with Gasteiger partial charge in [0.1, 0.15) is 0 Å². The maximum absolute atomic E-state index is 2.38. The molecule has 4 aliphatic carbocycles. The lowest BCUT2D eigenvalue weighted by Crippen LogP contribution is -2.38. The van der Waals surface area contributed by atoms with E-state index in [1.807, 2.05) is 0 Å². The van der Waals surface area contributed by atoms with Crippen LogP contribution >= 0.6 is 0 Å². The van der Waals surface area contributed by atoms with Crippen LogP contribution in [0.1, 0.15) is 11.1 Å². The third-order valence-electron chi connectivity index (χ3n) is 5.82. The maximum atomic E-state index is 2.38. The van der Waals surface area contributed by atoms with E-state index in [-0.39, 0.29) is 0 Å². The van der Waals surface area contributed by atoms with E-state index in [0.717, 1.165) is 0 Å². The summed E-state index contributed by atoms with van der Waals surface area (Å²) in [4.78, 5) is 0. The fraction of sp³-hybridized carbons (Fsp3) is 0.0833. The smallest absolute Gasteiger partial charge is 0.0205 e. The van der Waals surface area contributed by atoms with E-state index in [1.165, 1.54) is 43.9 Å². The van der Waals surface area contributed by atoms with Gasteiger partial charge in [0.15, 0.2) is 0 Å². The highest BCUT2D eigenvalue weighted by Crippen LogP contribution is 2.52. The fourth-order valence-corrected chi connectivity index (χ4v) is 4.81. The Bertz CT molecular complexity index is 1150. The minimum absolute atomic E-state index is 0.463. The van der Waals surface area contributed by atoms with Crippen molar-refractivity contribution in [2.45, 2.75) is 0 Å². The quantitative estimate of drug-likeness (QED) is 0.693. The Morgan fingerprint density at radius 1 is 0.667 bits per heavy atom. The van der Waals surface area contributed by atoms with Gasteiger partial charge in [0.2, 0.25) is 0 Å². The molecule has 0 unspecified atom stereocenters. The van der Waals surface area contributed by atoms with Crippen molar-refractivity contribution in [3.05, 3.63) is 106 Å². The summed E-state index contributed by atoms with van der Waals surface area (Å²) in [6.07, 6.45) is 14.1. The molecule has 4 aliphatic rings. The van der Waals surface area contributed by atoms with Gasteiger partial charge in [-0.05, 0) is 43.9 Å². The zero-order chi connectivity index (χ0) is 15.7. The topological polar surface area (TPSA) is 0 Å². The van der Waals surface area contributed by atoms with E-state index < -0.39 is 0 Å². The number of hydrogen-bond acceptors (Lipinski definition) is 0. The lowest BCUT2D eigenvalue weighted by Gasteiger charge is -2.41. The molecule has 112 valence electrons. The summed E-state index contributed by atoms with van der Waals surface area (Å²) in [7, 11) is 0. The van der Waals surface area contributed by atoms with Gasteiger partial charge in [-0.25, -0.2) is 0 Å². The summed E-state index contributed by atoms with van der Waals surface area (Å²) in [6.45, 7) is 0. The van der Waals surface area contributed by atoms with E-state index in [1.54, 1.807) is 0 Å². The van der Waals surface area contributed by atoms with Crippen LogP contribution in [0.15, 0.2) is 84.0 Å². The van der Waals surface area contributed by atoms with Crippen LogP contribution in [-0.2, 0) is 0 Å². The highest BCUT2D eigenvalue weighted by atomic mass is 14.4. The van der Waals surface area contributed by atoms with Gasteiger partial charge in [0.25, 0.3) is 0 Å². The molecule has 24 heavy (non-hydrogen) atoms. The van der Waals surface area contributed by atoms with Crippen LogP contribution in [0, 0.1) is 11.8 Å². The van der Waals surface area contributed by atoms with Crippen molar-refractivity contribution in [1.29, 1.82) is 0 Å². The summed E-state index contributed by atoms with van der Waals surface area (Å²) in [5.74, 6) is 0.925. The first-order chi connectivity index (χ1) is 11.9. The van der Waals surface area contributed by atoms with Crippen molar-refractivity contribution in [2.75, 3.05) is 0 Å². The normalized spacial score (nSPS) is 24.7. The average molecular weight is 304 g/mol. The van der Waals surface area contributed by atoms with Crippen LogP contribution in [0.2, 0.25) is 0 Å². The Balaban J connectivity index is 1.74. The van der Waals surface area contributed by atoms with Gasteiger partial charge < -0.3 is 0 Å². The van der Waals surface area contributed by atoms with E-state index in [2.05, 4.69) is 85.0 Å². The molecular formula is C24H16. The second kappa shape index (κ2) is 4.36. The molecule has 0 saturated carbocycles. The molecule has 0 aliphatic heterocycles. The third kappa shape index (κ3) is 1.48. The minimum atomic E-state index is 0.463. The molecule has 0 bridgehead atoms. The number of fused-ring (bicyclic) bond motifs is 3. The van der Waals surface area contributed by atoms with Gasteiger partial charge in [-0.2, -0.15) is 0 Å². The van der Waals surface area contributed by atoms with Crippen molar-refractivity contribution in [3.63, 3.8) is 0 Å². The first-order valence-corrected chi connectivity index (χ1v) is 8.62. The number of benzene rings is 2. The van der Waals surface area contributed by atoms with Gasteiger partial charge in [-0.15, -0.1) is 0 Å². The number of allylic oxidation sites excluding steroid dienone is 7. The van der Waals surface area contributed by atoms with Gasteiger partial charge >= 0.3 is 0 Å². The largest absolute Gasteiger partial charge is 0.0616 e. The molecule has 0 amide bonds. The Hall–Kier alpha value is -2.86. The lowest BCUT2D eigenvalue weighted by molar-refractivity contribution is 0.647. The molecule has 0 heteroatoms. The molecule has 0 saturated heterocycles. The molecule has 0 aromatic heterocycles. The predicted molar refractivity (Wildman–Crippen MR) is 100 cm³/mol. The summed E-state index contributed by atoms with van der Waals surface area (Å²) in [5.41, 5.74) is 8.60. The van der Waals surface area contributed by atoms with E-state index in [9.17, 15) is 0 Å². The summed E-state index contributed by atoms with van der Waals surface area (Å²) < 4.78 is 0. The van der Waals surface area contributed by atoms with Crippen LogP contribution in [0.3, 0.4) is 0 Å². The summed E-state index contributed by atoms with van der Waals surface area (Å²) in [5, 5.41) is 2.75. The second-order valence-electron chi connectivity index (χ2n) is 7.00. The van der Waals surface area contributed by atoms with Crippen LogP contribution in [0.5, 0.6) is 0 Å². The van der Waals surface area contributed by atoms with Gasteiger partial charge in [-0.1, -0.05) is 85.0 Å². The zero-order valence-electron chi connectivity index (χ0n) is 13.2. The standard InChI is InChI=1S/C24H16/c1-3-7-19-15(5-1)13-17-9-12-22-20-8-4-2-6-16(20)14-18-10-11-21(19)23(17)24(18)22/h1-14,23-24H/t23-,24+. The molecule has 2 aromatic rings. The highest BCUT2D eigenvalue weighted by molar-refractivity contribution is 5.92. The maximum Gasteiger partial charge on any atom is 0.0205 e. The summed E-state index contributed by atoms with van der Waals surface area (Å²) in [6, 6.07) is 17.6. The molecule has 0 radical (unpaired) electrons. The van der Waals surface area contributed by atoms with E-state index >= 15 is 0 Å². The minimum Gasteiger partial charge on any atom is -0.0616 e. The van der Waals surface area contributed by atoms with Crippen molar-refractivity contribution >= 4 is 23.3 Å². The summed E-state index contributed by atoms with van der Waals surface area (Å²) >= 11 is 0. The first kappa shape index (κ1) is 12.5. The first-order valence-electron chi connectivity index (χ1n) is 8.62. The Kier molecular flexibility index (Phi) is 2.28. The number of hydrogen-bond donors (Lipinski definition) is 0. The fourth-order valence-electron chi connectivity index (χ4n) is 4.81. The molecule has 0 spiro atoms. The van der Waals surface area contributed by atoms with Crippen molar-refractivity contribution in [2.24, 2.45) is 11.8 Å². The SMILES string of the molecule is C1=CC2=c3ccccc3=CC3=CC=C4c5ccccc5C=C1[C@@H]4[C@H]32. The van der Waals surface area contributed by atoms with Gasteiger partial charge in [-0.3, -0.25) is 0 Å². The third-order valence-corrected chi connectivity index (χ3v) is 5.82. The monoisotopic (exact) mass is 304 g/mol. The van der Waals surface area contributed by atoms with Crippen molar-refractivity contribution in [3.8, 4) is 0 Å². The average Bonchev–Trinajstić information content (AvgIpc) is 2.65. The van der Waals surface area contributed by atoms with Crippen LogP contribution < -0.4 is 10.4 Å². The zero-order valence-corrected chi connectivity index (χ0v) is 13.2. The van der Waals surface area contributed by atoms with Crippen molar-refractivity contribution < 1.29 is 0 Å². The second-order valence-corrected chi connectivity index (χ2v) is 7.00. The Labute approximate surface area is 141 Å². The Morgan fingerprint density at radius 2 is 1.54 bits per heavy atom. The molecule has 0 fully saturated rings. The predicted octanol–water partition coefficient (Wildman–Crippen LogP) is 3.85. The molecule has 2 aromatic carbocycles. The van der Waals surface area contributed by atoms with Crippen LogP contribution in [0.25, 0.3) is 23.3 Å². The molecular weight excluding hydrogens is 288 g/mol. The van der Waals surface area contributed by atoms with Crippen LogP contribution in [0.4, 0.5) is 0 Å². The lowest BCUT2D eigenvalue weighted by atomic mass is 9.62. The van der Waals surface area contributed by atoms with E-state index in [0.29, 0.717) is 11.8 Å². The molecule has 0 nitrogen and oxygen atoms in total. The highest BCUT2D eigenvalue weighted by Gasteiger charge is 2.39. The number of rotatable bonds is 0. The van der Waals surface area contributed by atoms with Crippen molar-refractivity contribution in [1.82, 2.24) is 0 Å². The molecule has 0 heterocycles. The molecule has 2 atom stereocenters.